The standard InChI is InChI=1S/C23H24FN3O7S/c1-15-20(23(25,22(28)29)12-3-13-34-27(30)31)14-21(26(15)18-8-6-17(24)7-9-18)16-4-10-19(11-5-16)35(2,32)33/h4-11,14H,3,12-13,25H2,1-2H3,(H,28,29). The van der Waals surface area contributed by atoms with Crippen LogP contribution < -0.4 is 5.73 Å². The predicted molar refractivity (Wildman–Crippen MR) is 125 cm³/mol. The van der Waals surface area contributed by atoms with Crippen molar-refractivity contribution in [3.05, 3.63) is 81.8 Å². The Balaban J connectivity index is 2.17. The molecule has 3 N–H and O–H groups in total. The number of rotatable bonds is 10. The second-order valence-corrected chi connectivity index (χ2v) is 10.1. The smallest absolute Gasteiger partial charge is 0.328 e. The van der Waals surface area contributed by atoms with Gasteiger partial charge in [-0.1, -0.05) is 12.1 Å². The van der Waals surface area contributed by atoms with Crippen LogP contribution >= 0.6 is 0 Å². The number of halogens is 1. The Morgan fingerprint density at radius 3 is 2.31 bits per heavy atom. The summed E-state index contributed by atoms with van der Waals surface area (Å²) >= 11 is 0. The summed E-state index contributed by atoms with van der Waals surface area (Å²) in [5, 5.41) is 19.5. The molecule has 0 bridgehead atoms. The quantitative estimate of drug-likeness (QED) is 0.242. The summed E-state index contributed by atoms with van der Waals surface area (Å²) in [6.07, 6.45) is 0.935. The molecule has 0 radical (unpaired) electrons. The summed E-state index contributed by atoms with van der Waals surface area (Å²) in [7, 11) is -3.43. The Hall–Kier alpha value is -3.77. The largest absolute Gasteiger partial charge is 0.480 e. The number of hydrogen-bond acceptors (Lipinski definition) is 7. The maximum atomic E-state index is 13.6. The van der Waals surface area contributed by atoms with Crippen LogP contribution in [-0.4, -0.2) is 42.0 Å². The Kier molecular flexibility index (Phi) is 7.27. The molecule has 0 aliphatic carbocycles. The van der Waals surface area contributed by atoms with E-state index in [9.17, 15) is 32.8 Å². The lowest BCUT2D eigenvalue weighted by Gasteiger charge is -2.25. The first-order chi connectivity index (χ1) is 16.3. The predicted octanol–water partition coefficient (Wildman–Crippen LogP) is 3.22. The van der Waals surface area contributed by atoms with Gasteiger partial charge in [-0.25, -0.2) is 17.6 Å². The Bertz CT molecular complexity index is 1350. The molecule has 0 amide bonds. The monoisotopic (exact) mass is 505 g/mol. The molecule has 0 saturated heterocycles. The average molecular weight is 506 g/mol. The minimum absolute atomic E-state index is 0.00331. The molecule has 10 nitrogen and oxygen atoms in total. The zero-order valence-corrected chi connectivity index (χ0v) is 19.8. The molecule has 2 aromatic carbocycles. The molecule has 35 heavy (non-hydrogen) atoms. The molecular formula is C23H24FN3O7S. The van der Waals surface area contributed by atoms with Crippen LogP contribution in [-0.2, 0) is 25.0 Å². The van der Waals surface area contributed by atoms with Crippen molar-refractivity contribution in [3.63, 3.8) is 0 Å². The highest BCUT2D eigenvalue weighted by atomic mass is 32.2. The summed E-state index contributed by atoms with van der Waals surface area (Å²) < 4.78 is 39.0. The summed E-state index contributed by atoms with van der Waals surface area (Å²) in [5.41, 5.74) is 6.75. The van der Waals surface area contributed by atoms with Gasteiger partial charge in [-0.2, -0.15) is 0 Å². The molecule has 0 fully saturated rings. The van der Waals surface area contributed by atoms with Crippen molar-refractivity contribution in [2.45, 2.75) is 30.2 Å². The van der Waals surface area contributed by atoms with Gasteiger partial charge >= 0.3 is 5.97 Å². The Morgan fingerprint density at radius 1 is 1.20 bits per heavy atom. The number of sulfone groups is 1. The molecular weight excluding hydrogens is 481 g/mol. The van der Waals surface area contributed by atoms with Gasteiger partial charge in [-0.05, 0) is 67.8 Å². The lowest BCUT2D eigenvalue weighted by molar-refractivity contribution is -0.757. The van der Waals surface area contributed by atoms with E-state index < -0.39 is 32.2 Å². The van der Waals surface area contributed by atoms with Crippen LogP contribution in [0.2, 0.25) is 0 Å². The first kappa shape index (κ1) is 25.8. The molecule has 186 valence electrons. The van der Waals surface area contributed by atoms with Crippen LogP contribution in [0.4, 0.5) is 4.39 Å². The van der Waals surface area contributed by atoms with Gasteiger partial charge in [0, 0.05) is 23.2 Å². The van der Waals surface area contributed by atoms with Crippen LogP contribution in [0, 0.1) is 22.9 Å². The van der Waals surface area contributed by atoms with Crippen LogP contribution in [0.25, 0.3) is 16.9 Å². The van der Waals surface area contributed by atoms with E-state index in [4.69, 9.17) is 5.73 Å². The Labute approximate surface area is 200 Å². The molecule has 1 aromatic heterocycles. The molecule has 3 rings (SSSR count). The van der Waals surface area contributed by atoms with E-state index in [1.165, 1.54) is 36.4 Å². The highest BCUT2D eigenvalue weighted by Gasteiger charge is 2.39. The number of carboxylic acids is 1. The van der Waals surface area contributed by atoms with E-state index >= 15 is 0 Å². The molecule has 3 aromatic rings. The van der Waals surface area contributed by atoms with Crippen molar-refractivity contribution in [1.82, 2.24) is 4.57 Å². The second-order valence-electron chi connectivity index (χ2n) is 8.07. The average Bonchev–Trinajstić information content (AvgIpc) is 3.14. The van der Waals surface area contributed by atoms with Gasteiger partial charge in [-0.15, -0.1) is 10.1 Å². The maximum Gasteiger partial charge on any atom is 0.328 e. The fourth-order valence-electron chi connectivity index (χ4n) is 3.91. The second kappa shape index (κ2) is 9.84. The van der Waals surface area contributed by atoms with E-state index in [1.54, 1.807) is 29.7 Å². The first-order valence-electron chi connectivity index (χ1n) is 10.4. The number of aromatic nitrogens is 1. The number of nitrogens with zero attached hydrogens (tertiary/aromatic N) is 2. The topological polar surface area (TPSA) is 155 Å². The number of benzene rings is 2. The summed E-state index contributed by atoms with van der Waals surface area (Å²) in [6, 6.07) is 13.2. The van der Waals surface area contributed by atoms with E-state index in [1.807, 2.05) is 0 Å². The normalized spacial score (nSPS) is 13.3. The third-order valence-corrected chi connectivity index (χ3v) is 6.81. The fraction of sp³-hybridized carbons (Fsp3) is 0.261. The van der Waals surface area contributed by atoms with Crippen LogP contribution in [0.5, 0.6) is 0 Å². The van der Waals surface area contributed by atoms with Gasteiger partial charge in [-0.3, -0.25) is 0 Å². The molecule has 1 heterocycles. The lowest BCUT2D eigenvalue weighted by atomic mass is 9.86. The fourth-order valence-corrected chi connectivity index (χ4v) is 4.54. The van der Waals surface area contributed by atoms with Crippen molar-refractivity contribution in [3.8, 4) is 16.9 Å². The lowest BCUT2D eigenvalue weighted by Crippen LogP contribution is -2.45. The van der Waals surface area contributed by atoms with Gasteiger partial charge in [0.05, 0.1) is 17.2 Å². The van der Waals surface area contributed by atoms with Crippen LogP contribution in [0.15, 0.2) is 59.5 Å². The molecule has 1 atom stereocenters. The van der Waals surface area contributed by atoms with Crippen molar-refractivity contribution < 1.29 is 32.6 Å². The first-order valence-corrected chi connectivity index (χ1v) is 12.3. The molecule has 1 unspecified atom stereocenters. The van der Waals surface area contributed by atoms with Gasteiger partial charge in [0.15, 0.2) is 9.84 Å². The summed E-state index contributed by atoms with van der Waals surface area (Å²) in [4.78, 5) is 27.1. The summed E-state index contributed by atoms with van der Waals surface area (Å²) in [5.74, 6) is -1.79. The van der Waals surface area contributed by atoms with E-state index in [0.717, 1.165) is 6.26 Å². The summed E-state index contributed by atoms with van der Waals surface area (Å²) in [6.45, 7) is 1.34. The van der Waals surface area contributed by atoms with Crippen LogP contribution in [0.3, 0.4) is 0 Å². The van der Waals surface area contributed by atoms with E-state index in [2.05, 4.69) is 4.84 Å². The number of aliphatic carboxylic acids is 1. The zero-order valence-electron chi connectivity index (χ0n) is 19.0. The minimum atomic E-state index is -3.43. The molecule has 12 heteroatoms. The minimum Gasteiger partial charge on any atom is -0.480 e. The zero-order chi connectivity index (χ0) is 26.0. The highest BCUT2D eigenvalue weighted by Crippen LogP contribution is 2.36. The van der Waals surface area contributed by atoms with E-state index in [0.29, 0.717) is 22.6 Å². The molecule has 0 spiro atoms. The van der Waals surface area contributed by atoms with Gasteiger partial charge in [0.1, 0.15) is 11.4 Å². The highest BCUT2D eigenvalue weighted by molar-refractivity contribution is 7.90. The Morgan fingerprint density at radius 2 is 1.80 bits per heavy atom. The van der Waals surface area contributed by atoms with Crippen molar-refractivity contribution in [2.24, 2.45) is 5.73 Å². The van der Waals surface area contributed by atoms with E-state index in [-0.39, 0.29) is 29.9 Å². The van der Waals surface area contributed by atoms with Crippen molar-refractivity contribution in [2.75, 3.05) is 12.9 Å². The van der Waals surface area contributed by atoms with Crippen LogP contribution in [0.1, 0.15) is 24.1 Å². The third-order valence-electron chi connectivity index (χ3n) is 5.68. The van der Waals surface area contributed by atoms with Crippen molar-refractivity contribution >= 4 is 15.8 Å². The number of nitrogens with two attached hydrogens (primary N) is 1. The van der Waals surface area contributed by atoms with Gasteiger partial charge < -0.3 is 20.2 Å². The van der Waals surface area contributed by atoms with Gasteiger partial charge in [0.2, 0.25) is 0 Å². The van der Waals surface area contributed by atoms with Crippen molar-refractivity contribution in [1.29, 1.82) is 0 Å². The third kappa shape index (κ3) is 5.49. The number of carbonyl (C=O) groups is 1. The number of hydrogen-bond donors (Lipinski definition) is 2. The van der Waals surface area contributed by atoms with Gasteiger partial charge in [0.25, 0.3) is 5.09 Å². The molecule has 0 aliphatic rings. The molecule has 0 saturated carbocycles. The molecule has 0 aliphatic heterocycles. The maximum absolute atomic E-state index is 13.6. The number of carboxylic acid groups (broad SMARTS) is 1. The SMILES string of the molecule is Cc1c(C(N)(CCCO[N+](=O)[O-])C(=O)O)cc(-c2ccc(S(C)(=O)=O)cc2)n1-c1ccc(F)cc1.